The van der Waals surface area contributed by atoms with Gasteiger partial charge in [0.1, 0.15) is 0 Å². The minimum atomic E-state index is 0.466. The van der Waals surface area contributed by atoms with Crippen LogP contribution in [-0.2, 0) is 13.1 Å². The van der Waals surface area contributed by atoms with Crippen molar-refractivity contribution in [2.45, 2.75) is 26.4 Å². The fourth-order valence-electron chi connectivity index (χ4n) is 1.38. The Morgan fingerprint density at radius 1 is 1.33 bits per heavy atom. The van der Waals surface area contributed by atoms with Gasteiger partial charge in [0.05, 0.1) is 16.9 Å². The predicted molar refractivity (Wildman–Crippen MR) is 75.6 cm³/mol. The molecule has 2 rings (SSSR count). The lowest BCUT2D eigenvalue weighted by atomic mass is 10.5. The smallest absolute Gasteiger partial charge is 0.315 e. The van der Waals surface area contributed by atoms with Crippen molar-refractivity contribution in [2.24, 2.45) is 0 Å². The van der Waals surface area contributed by atoms with Gasteiger partial charge in [-0.25, -0.2) is 0 Å². The zero-order valence-corrected chi connectivity index (χ0v) is 12.5. The molecule has 0 atom stereocenters. The lowest BCUT2D eigenvalue weighted by molar-refractivity contribution is 0.477. The van der Waals surface area contributed by atoms with Crippen molar-refractivity contribution in [1.29, 1.82) is 0 Å². The van der Waals surface area contributed by atoms with Gasteiger partial charge < -0.3 is 15.1 Å². The fourth-order valence-corrected chi connectivity index (χ4v) is 2.80. The molecule has 2 aromatic heterocycles. The minimum Gasteiger partial charge on any atom is -0.407 e. The molecule has 0 fully saturated rings. The number of halogens is 1. The molecule has 98 valence electrons. The van der Waals surface area contributed by atoms with Crippen LogP contribution in [0, 0.1) is 0 Å². The minimum absolute atomic E-state index is 0.466. The van der Waals surface area contributed by atoms with Gasteiger partial charge in [0.15, 0.2) is 0 Å². The molecule has 0 aliphatic carbocycles. The third-order valence-electron chi connectivity index (χ3n) is 2.21. The molecule has 0 radical (unpaired) electrons. The molecule has 5 nitrogen and oxygen atoms in total. The molecule has 0 saturated carbocycles. The molecule has 0 spiro atoms. The van der Waals surface area contributed by atoms with Crippen molar-refractivity contribution in [2.75, 3.05) is 11.9 Å². The van der Waals surface area contributed by atoms with Crippen LogP contribution in [0.15, 0.2) is 20.3 Å². The lowest BCUT2D eigenvalue weighted by Crippen LogP contribution is -2.13. The van der Waals surface area contributed by atoms with Crippen LogP contribution in [0.2, 0.25) is 0 Å². The van der Waals surface area contributed by atoms with E-state index in [9.17, 15) is 0 Å². The molecule has 0 saturated heterocycles. The van der Waals surface area contributed by atoms with E-state index in [4.69, 9.17) is 4.42 Å². The Labute approximate surface area is 118 Å². The highest BCUT2D eigenvalue weighted by atomic mass is 79.9. The molecular weight excluding hydrogens is 316 g/mol. The van der Waals surface area contributed by atoms with Crippen LogP contribution in [0.1, 0.15) is 24.1 Å². The van der Waals surface area contributed by atoms with Gasteiger partial charge in [0, 0.05) is 4.88 Å². The number of rotatable bonds is 7. The van der Waals surface area contributed by atoms with Crippen LogP contribution in [0.3, 0.4) is 0 Å². The predicted octanol–water partition coefficient (Wildman–Crippen LogP) is 3.01. The molecule has 2 N–H and O–H groups in total. The second-order valence-electron chi connectivity index (χ2n) is 3.74. The molecule has 0 unspecified atom stereocenters. The summed E-state index contributed by atoms with van der Waals surface area (Å²) in [5.41, 5.74) is 0. The monoisotopic (exact) mass is 330 g/mol. The van der Waals surface area contributed by atoms with Crippen LogP contribution < -0.4 is 10.6 Å². The maximum absolute atomic E-state index is 5.46. The zero-order chi connectivity index (χ0) is 12.8. The van der Waals surface area contributed by atoms with Crippen LogP contribution in [-0.4, -0.2) is 16.7 Å². The molecule has 7 heteroatoms. The van der Waals surface area contributed by atoms with Gasteiger partial charge in [-0.05, 0) is 41.0 Å². The van der Waals surface area contributed by atoms with Crippen LogP contribution >= 0.6 is 27.3 Å². The first-order chi connectivity index (χ1) is 8.78. The quantitative estimate of drug-likeness (QED) is 0.764. The van der Waals surface area contributed by atoms with Gasteiger partial charge in [-0.1, -0.05) is 12.0 Å². The highest BCUT2D eigenvalue weighted by Crippen LogP contribution is 2.22. The van der Waals surface area contributed by atoms with E-state index in [1.54, 1.807) is 11.3 Å². The number of nitrogens with zero attached hydrogens (tertiary/aromatic N) is 2. The highest BCUT2D eigenvalue weighted by Gasteiger charge is 2.05. The molecule has 18 heavy (non-hydrogen) atoms. The molecule has 0 aliphatic rings. The van der Waals surface area contributed by atoms with Crippen molar-refractivity contribution in [3.63, 3.8) is 0 Å². The molecule has 0 bridgehead atoms. The van der Waals surface area contributed by atoms with E-state index >= 15 is 0 Å². The summed E-state index contributed by atoms with van der Waals surface area (Å²) in [4.78, 5) is 1.21. The summed E-state index contributed by atoms with van der Waals surface area (Å²) in [6.45, 7) is 4.38. The van der Waals surface area contributed by atoms with E-state index in [0.717, 1.165) is 16.8 Å². The Bertz CT molecular complexity index is 485. The molecule has 2 aromatic rings. The summed E-state index contributed by atoms with van der Waals surface area (Å²) < 4.78 is 6.58. The third-order valence-corrected chi connectivity index (χ3v) is 3.84. The standard InChI is InChI=1S/C11H15BrN4OS/c1-2-5-13-7-10-15-16-11(17-10)14-6-8-3-4-9(12)18-8/h3-4,13H,2,5-7H2,1H3,(H,14,16). The first-order valence-electron chi connectivity index (χ1n) is 5.79. The molecule has 0 aromatic carbocycles. The highest BCUT2D eigenvalue weighted by molar-refractivity contribution is 9.11. The van der Waals surface area contributed by atoms with E-state index < -0.39 is 0 Å². The second kappa shape index (κ2) is 6.86. The summed E-state index contributed by atoms with van der Waals surface area (Å²) in [7, 11) is 0. The van der Waals surface area contributed by atoms with Crippen LogP contribution in [0.25, 0.3) is 0 Å². The van der Waals surface area contributed by atoms with Gasteiger partial charge in [-0.15, -0.1) is 16.4 Å². The van der Waals surface area contributed by atoms with E-state index in [0.29, 0.717) is 25.0 Å². The maximum Gasteiger partial charge on any atom is 0.315 e. The Morgan fingerprint density at radius 2 is 2.22 bits per heavy atom. The van der Waals surface area contributed by atoms with Gasteiger partial charge in [-0.3, -0.25) is 0 Å². The Morgan fingerprint density at radius 3 is 2.94 bits per heavy atom. The lowest BCUT2D eigenvalue weighted by Gasteiger charge is -1.98. The first kappa shape index (κ1) is 13.5. The van der Waals surface area contributed by atoms with Crippen molar-refractivity contribution in [1.82, 2.24) is 15.5 Å². The number of hydrogen-bond acceptors (Lipinski definition) is 6. The van der Waals surface area contributed by atoms with Crippen molar-refractivity contribution in [3.8, 4) is 0 Å². The maximum atomic E-state index is 5.46. The summed E-state index contributed by atoms with van der Waals surface area (Å²) in [6.07, 6.45) is 1.09. The summed E-state index contributed by atoms with van der Waals surface area (Å²) in [6, 6.07) is 4.55. The van der Waals surface area contributed by atoms with Gasteiger partial charge in [0.2, 0.25) is 5.89 Å². The number of aromatic nitrogens is 2. The average molecular weight is 331 g/mol. The van der Waals surface area contributed by atoms with E-state index in [-0.39, 0.29) is 0 Å². The summed E-state index contributed by atoms with van der Waals surface area (Å²) in [5, 5.41) is 14.2. The molecule has 0 amide bonds. The van der Waals surface area contributed by atoms with Crippen molar-refractivity contribution in [3.05, 3.63) is 26.7 Å². The van der Waals surface area contributed by atoms with Crippen molar-refractivity contribution >= 4 is 33.3 Å². The number of anilines is 1. The number of hydrogen-bond donors (Lipinski definition) is 2. The topological polar surface area (TPSA) is 63.0 Å². The van der Waals surface area contributed by atoms with Gasteiger partial charge in [0.25, 0.3) is 0 Å². The molecule has 0 aliphatic heterocycles. The SMILES string of the molecule is CCCNCc1nnc(NCc2ccc(Br)s2)o1. The normalized spacial score (nSPS) is 10.8. The average Bonchev–Trinajstić information content (AvgIpc) is 2.96. The number of thiophene rings is 1. The fraction of sp³-hybridized carbons (Fsp3) is 0.455. The van der Waals surface area contributed by atoms with E-state index in [2.05, 4.69) is 49.8 Å². The molecule has 2 heterocycles. The van der Waals surface area contributed by atoms with Gasteiger partial charge >= 0.3 is 6.01 Å². The molecular formula is C11H15BrN4OS. The van der Waals surface area contributed by atoms with E-state index in [1.165, 1.54) is 4.88 Å². The largest absolute Gasteiger partial charge is 0.407 e. The van der Waals surface area contributed by atoms with E-state index in [1.807, 2.05) is 6.07 Å². The van der Waals surface area contributed by atoms with Gasteiger partial charge in [-0.2, -0.15) is 0 Å². The van der Waals surface area contributed by atoms with Crippen molar-refractivity contribution < 1.29 is 4.42 Å². The summed E-state index contributed by atoms with van der Waals surface area (Å²) >= 11 is 5.11. The summed E-state index contributed by atoms with van der Waals surface area (Å²) in [5.74, 6) is 0.610. The third kappa shape index (κ3) is 4.08. The Kier molecular flexibility index (Phi) is 5.15. The zero-order valence-electron chi connectivity index (χ0n) is 10.1. The number of nitrogens with one attached hydrogen (secondary N) is 2. The Balaban J connectivity index is 1.79. The second-order valence-corrected chi connectivity index (χ2v) is 6.28. The first-order valence-corrected chi connectivity index (χ1v) is 7.40. The van der Waals surface area contributed by atoms with Crippen LogP contribution in [0.4, 0.5) is 6.01 Å². The van der Waals surface area contributed by atoms with Crippen LogP contribution in [0.5, 0.6) is 0 Å². The Hall–Kier alpha value is -0.920.